The first-order valence-corrected chi connectivity index (χ1v) is 10.9. The van der Waals surface area contributed by atoms with E-state index < -0.39 is 0 Å². The fourth-order valence-corrected chi connectivity index (χ4v) is 3.71. The van der Waals surface area contributed by atoms with E-state index in [0.717, 1.165) is 70.9 Å². The van der Waals surface area contributed by atoms with Crippen LogP contribution in [0.15, 0.2) is 41.9 Å². The van der Waals surface area contributed by atoms with Crippen molar-refractivity contribution in [3.63, 3.8) is 0 Å². The van der Waals surface area contributed by atoms with Gasteiger partial charge in [-0.2, -0.15) is 0 Å². The molecular weight excluding hydrogens is 362 g/mol. The topological polar surface area (TPSA) is 70.4 Å². The first kappa shape index (κ1) is 21.3. The fraction of sp³-hybridized carbons (Fsp3) is 0.591. The second-order valence-corrected chi connectivity index (χ2v) is 7.79. The van der Waals surface area contributed by atoms with Crippen LogP contribution in [0, 0.1) is 6.92 Å². The second kappa shape index (κ2) is 11.6. The summed E-state index contributed by atoms with van der Waals surface area (Å²) in [5, 5.41) is 14.7. The highest BCUT2D eigenvalue weighted by Gasteiger charge is 2.20. The molecule has 1 aliphatic rings. The highest BCUT2D eigenvalue weighted by atomic mass is 15.2. The number of hydrogen-bond donors (Lipinski definition) is 2. The number of hydrogen-bond acceptors (Lipinski definition) is 4. The van der Waals surface area contributed by atoms with Crippen LogP contribution < -0.4 is 10.6 Å². The maximum atomic E-state index is 4.77. The van der Waals surface area contributed by atoms with E-state index in [0.29, 0.717) is 6.04 Å². The third-order valence-electron chi connectivity index (χ3n) is 5.49. The number of piperidine rings is 1. The number of aromatic nitrogens is 3. The van der Waals surface area contributed by atoms with E-state index in [2.05, 4.69) is 63.8 Å². The summed E-state index contributed by atoms with van der Waals surface area (Å²) in [6.07, 6.45) is 7.98. The summed E-state index contributed by atoms with van der Waals surface area (Å²) in [6.45, 7) is 10.3. The molecule has 0 amide bonds. The molecule has 3 rings (SSSR count). The molecule has 0 radical (unpaired) electrons. The van der Waals surface area contributed by atoms with Crippen LogP contribution in [0.2, 0.25) is 0 Å². The van der Waals surface area contributed by atoms with E-state index >= 15 is 0 Å². The molecule has 7 heteroatoms. The van der Waals surface area contributed by atoms with Crippen molar-refractivity contribution in [3.8, 4) is 0 Å². The van der Waals surface area contributed by atoms with Gasteiger partial charge in [0, 0.05) is 45.3 Å². The lowest BCUT2D eigenvalue weighted by molar-refractivity contribution is 0.198. The van der Waals surface area contributed by atoms with Crippen LogP contribution in [0.5, 0.6) is 0 Å². The molecule has 1 aliphatic heterocycles. The Hall–Kier alpha value is -2.41. The maximum absolute atomic E-state index is 4.77. The first-order chi connectivity index (χ1) is 14.2. The van der Waals surface area contributed by atoms with Gasteiger partial charge in [-0.3, -0.25) is 9.89 Å². The Morgan fingerprint density at radius 3 is 2.62 bits per heavy atom. The van der Waals surface area contributed by atoms with Gasteiger partial charge in [-0.25, -0.2) is 0 Å². The molecule has 2 aromatic rings. The van der Waals surface area contributed by atoms with Gasteiger partial charge >= 0.3 is 0 Å². The molecule has 0 saturated carbocycles. The van der Waals surface area contributed by atoms with Crippen molar-refractivity contribution < 1.29 is 0 Å². The Bertz CT molecular complexity index is 733. The highest BCUT2D eigenvalue weighted by Crippen LogP contribution is 2.16. The lowest BCUT2D eigenvalue weighted by Gasteiger charge is -2.33. The predicted octanol–water partition coefficient (Wildman–Crippen LogP) is 2.59. The van der Waals surface area contributed by atoms with E-state index in [4.69, 9.17) is 4.99 Å². The number of likely N-dealkylation sites (tertiary alicyclic amines) is 1. The molecule has 1 fully saturated rings. The molecule has 2 N–H and O–H groups in total. The fourth-order valence-electron chi connectivity index (χ4n) is 3.71. The number of aliphatic imine (C=N–C) groups is 1. The lowest BCUT2D eigenvalue weighted by atomic mass is 10.0. The summed E-state index contributed by atoms with van der Waals surface area (Å²) in [5.74, 6) is 0.953. The van der Waals surface area contributed by atoms with Gasteiger partial charge < -0.3 is 15.2 Å². The van der Waals surface area contributed by atoms with E-state index in [-0.39, 0.29) is 0 Å². The molecule has 158 valence electrons. The third kappa shape index (κ3) is 7.16. The van der Waals surface area contributed by atoms with Crippen LogP contribution in [-0.4, -0.2) is 57.8 Å². The number of nitrogens with zero attached hydrogens (tertiary/aromatic N) is 5. The van der Waals surface area contributed by atoms with Gasteiger partial charge in [-0.15, -0.1) is 10.2 Å². The summed E-state index contributed by atoms with van der Waals surface area (Å²) in [4.78, 5) is 7.33. The minimum absolute atomic E-state index is 0.498. The van der Waals surface area contributed by atoms with Crippen LogP contribution in [0.4, 0.5) is 0 Å². The summed E-state index contributed by atoms with van der Waals surface area (Å²) in [6, 6.07) is 9.21. The van der Waals surface area contributed by atoms with Crippen molar-refractivity contribution in [3.05, 3.63) is 48.0 Å². The Kier molecular flexibility index (Phi) is 8.49. The van der Waals surface area contributed by atoms with Gasteiger partial charge in [0.15, 0.2) is 5.96 Å². The van der Waals surface area contributed by atoms with Gasteiger partial charge in [-0.1, -0.05) is 24.3 Å². The van der Waals surface area contributed by atoms with Crippen LogP contribution in [0.1, 0.15) is 43.7 Å². The van der Waals surface area contributed by atoms with Gasteiger partial charge in [0.2, 0.25) is 0 Å². The van der Waals surface area contributed by atoms with Crippen LogP contribution >= 0.6 is 0 Å². The quantitative estimate of drug-likeness (QED) is 0.387. The average Bonchev–Trinajstić information content (AvgIpc) is 3.24. The summed E-state index contributed by atoms with van der Waals surface area (Å²) in [7, 11) is 0. The predicted molar refractivity (Wildman–Crippen MR) is 118 cm³/mol. The first-order valence-electron chi connectivity index (χ1n) is 10.9. The van der Waals surface area contributed by atoms with Crippen molar-refractivity contribution in [1.82, 2.24) is 30.3 Å². The third-order valence-corrected chi connectivity index (χ3v) is 5.49. The molecule has 29 heavy (non-hydrogen) atoms. The molecule has 2 heterocycles. The van der Waals surface area contributed by atoms with E-state index in [9.17, 15) is 0 Å². The zero-order valence-corrected chi connectivity index (χ0v) is 17.8. The van der Waals surface area contributed by atoms with E-state index in [1.807, 2.05) is 4.57 Å². The van der Waals surface area contributed by atoms with Crippen molar-refractivity contribution >= 4 is 5.96 Å². The Morgan fingerprint density at radius 1 is 1.14 bits per heavy atom. The van der Waals surface area contributed by atoms with E-state index in [1.165, 1.54) is 11.1 Å². The van der Waals surface area contributed by atoms with Gasteiger partial charge in [0.25, 0.3) is 0 Å². The largest absolute Gasteiger partial charge is 0.357 e. The Labute approximate surface area is 174 Å². The summed E-state index contributed by atoms with van der Waals surface area (Å²) in [5.41, 5.74) is 2.83. The maximum Gasteiger partial charge on any atom is 0.191 e. The van der Waals surface area contributed by atoms with Crippen LogP contribution in [0.25, 0.3) is 0 Å². The number of aryl methyl sites for hydroxylation is 2. The van der Waals surface area contributed by atoms with Crippen LogP contribution in [0.3, 0.4) is 0 Å². The van der Waals surface area contributed by atoms with Crippen molar-refractivity contribution in [2.24, 2.45) is 4.99 Å². The highest BCUT2D eigenvalue weighted by molar-refractivity contribution is 5.80. The second-order valence-electron chi connectivity index (χ2n) is 7.79. The number of rotatable bonds is 9. The van der Waals surface area contributed by atoms with Crippen molar-refractivity contribution in [2.45, 2.75) is 58.7 Å². The smallest absolute Gasteiger partial charge is 0.191 e. The van der Waals surface area contributed by atoms with Gasteiger partial charge in [0.1, 0.15) is 12.7 Å². The molecule has 0 atom stereocenters. The zero-order chi connectivity index (χ0) is 20.3. The molecule has 0 spiro atoms. The number of unbranched alkanes of at least 4 members (excludes halogenated alkanes) is 1. The van der Waals surface area contributed by atoms with E-state index in [1.54, 1.807) is 12.7 Å². The molecule has 1 saturated heterocycles. The summed E-state index contributed by atoms with van der Waals surface area (Å²) < 4.78 is 2.01. The van der Waals surface area contributed by atoms with Gasteiger partial charge in [0.05, 0.1) is 0 Å². The molecule has 0 aliphatic carbocycles. The molecule has 0 unspecified atom stereocenters. The molecule has 7 nitrogen and oxygen atoms in total. The molecular formula is C22H35N7. The monoisotopic (exact) mass is 397 g/mol. The van der Waals surface area contributed by atoms with Crippen molar-refractivity contribution in [1.29, 1.82) is 0 Å². The Morgan fingerprint density at radius 2 is 1.90 bits per heavy atom. The average molecular weight is 398 g/mol. The minimum Gasteiger partial charge on any atom is -0.357 e. The number of nitrogens with one attached hydrogen (secondary N) is 2. The van der Waals surface area contributed by atoms with Crippen LogP contribution in [-0.2, 0) is 13.1 Å². The number of benzene rings is 1. The standard InChI is InChI=1S/C22H35N7/c1-3-23-22(24-12-6-7-13-29-17-25-26-18-29)27-21-10-14-28(15-11-21)16-20-9-5-4-8-19(20)2/h4-5,8-9,17-18,21H,3,6-7,10-16H2,1-2H3,(H2,23,24,27). The lowest BCUT2D eigenvalue weighted by Crippen LogP contribution is -2.48. The Balaban J connectivity index is 1.38. The SMILES string of the molecule is CCNC(=NCCCCn1cnnc1)NC1CCN(Cc2ccccc2C)CC1. The minimum atomic E-state index is 0.498. The normalized spacial score (nSPS) is 16.1. The van der Waals surface area contributed by atoms with Gasteiger partial charge in [-0.05, 0) is 50.7 Å². The summed E-state index contributed by atoms with van der Waals surface area (Å²) >= 11 is 0. The molecule has 1 aromatic carbocycles. The molecule has 0 bridgehead atoms. The van der Waals surface area contributed by atoms with Crippen molar-refractivity contribution in [2.75, 3.05) is 26.2 Å². The number of guanidine groups is 1. The molecule has 1 aromatic heterocycles. The zero-order valence-electron chi connectivity index (χ0n) is 17.8.